The lowest BCUT2D eigenvalue weighted by Gasteiger charge is -2.27. The third-order valence-electron chi connectivity index (χ3n) is 29.9. The van der Waals surface area contributed by atoms with Crippen LogP contribution in [0.1, 0.15) is 227 Å². The minimum Gasteiger partial charge on any atom is -0.367 e. The molecule has 0 radical (unpaired) electrons. The number of hydrogen-bond acceptors (Lipinski definition) is 20. The van der Waals surface area contributed by atoms with E-state index in [-0.39, 0.29) is 72.9 Å². The van der Waals surface area contributed by atoms with Crippen LogP contribution in [0.25, 0.3) is 0 Å². The summed E-state index contributed by atoms with van der Waals surface area (Å²) in [5.74, 6) is 13.9. The lowest BCUT2D eigenvalue weighted by molar-refractivity contribution is 0.319. The lowest BCUT2D eigenvalue weighted by atomic mass is 9.89. The van der Waals surface area contributed by atoms with Crippen LogP contribution >= 0.6 is 96.7 Å². The molecule has 4 aromatic heterocycles. The number of anilines is 4. The SMILES string of the molecule is Cl.Cl.Cl.Cl.Cn1c(SCCCN2C[C@@H]3CCN(c4ccc(F)cc4)[C@@H]3C2)nnc1C1CCCCC1.Cn1c(SCCCN2C[C@@H]3CCN(c4ccc(F)cc4)[C@@H]3C2)nnc1C1CCCCC1.Cn1c(SCCCN2C[C@H]3CCN(c4ccc(F)cc4)[C@H]3C2)nnc1C1CCCCC1.Cn1c(SCCCN2C[C@H]3CCN(c4ccc(F)cc4)[C@H]3C2)nnc1C1CCCCC1. The van der Waals surface area contributed by atoms with E-state index < -0.39 is 0 Å². The van der Waals surface area contributed by atoms with E-state index in [1.807, 2.05) is 95.6 Å². The predicted molar refractivity (Wildman–Crippen MR) is 526 cm³/mol. The molecule has 704 valence electrons. The number of fused-ring (bicyclic) bond motifs is 4. The van der Waals surface area contributed by atoms with Gasteiger partial charge in [0.2, 0.25) is 0 Å². The van der Waals surface area contributed by atoms with Gasteiger partial charge in [0.05, 0.1) is 0 Å². The van der Waals surface area contributed by atoms with E-state index in [0.29, 0.717) is 47.8 Å². The normalized spacial score (nSPS) is 24.0. The first-order valence-corrected chi connectivity index (χ1v) is 51.8. The summed E-state index contributed by atoms with van der Waals surface area (Å²) in [5.41, 5.74) is 4.68. The van der Waals surface area contributed by atoms with Crippen molar-refractivity contribution in [2.24, 2.45) is 51.9 Å². The van der Waals surface area contributed by atoms with Crippen molar-refractivity contribution < 1.29 is 17.6 Å². The molecule has 20 nitrogen and oxygen atoms in total. The number of hydrogen-bond donors (Lipinski definition) is 0. The maximum Gasteiger partial charge on any atom is 0.190 e. The highest BCUT2D eigenvalue weighted by Crippen LogP contribution is 2.43. The quantitative estimate of drug-likeness (QED) is 0.0260. The molecule has 0 bridgehead atoms. The Bertz CT molecular complexity index is 4050. The Morgan fingerprint density at radius 3 is 0.648 bits per heavy atom. The van der Waals surface area contributed by atoms with Crippen LogP contribution in [0.4, 0.5) is 40.3 Å². The number of thioether (sulfide) groups is 4. The number of nitrogens with zero attached hydrogens (tertiary/aromatic N) is 20. The van der Waals surface area contributed by atoms with Crippen LogP contribution in [-0.2, 0) is 28.2 Å². The summed E-state index contributed by atoms with van der Waals surface area (Å²) in [4.78, 5) is 20.4. The van der Waals surface area contributed by atoms with Crippen molar-refractivity contribution in [1.82, 2.24) is 78.7 Å². The van der Waals surface area contributed by atoms with Crippen LogP contribution < -0.4 is 19.6 Å². The molecule has 20 rings (SSSR count). The van der Waals surface area contributed by atoms with Gasteiger partial charge in [-0.15, -0.1) is 90.4 Å². The van der Waals surface area contributed by atoms with Gasteiger partial charge in [-0.25, -0.2) is 17.6 Å². The third kappa shape index (κ3) is 25.1. The average molecular weight is 1920 g/mol. The Morgan fingerprint density at radius 2 is 0.453 bits per heavy atom. The van der Waals surface area contributed by atoms with Crippen LogP contribution in [0.2, 0.25) is 0 Å². The van der Waals surface area contributed by atoms with Gasteiger partial charge in [0.1, 0.15) is 46.6 Å². The smallest absolute Gasteiger partial charge is 0.190 e. The Kier molecular flexibility index (Phi) is 38.2. The molecular formula is C96H140Cl4F4N20S4. The van der Waals surface area contributed by atoms with Gasteiger partial charge in [-0.2, -0.15) is 0 Å². The van der Waals surface area contributed by atoms with E-state index in [1.54, 1.807) is 48.5 Å². The first-order valence-electron chi connectivity index (χ1n) is 47.8. The van der Waals surface area contributed by atoms with E-state index in [1.165, 1.54) is 252 Å². The molecule has 12 heterocycles. The molecule has 12 fully saturated rings. The van der Waals surface area contributed by atoms with Gasteiger partial charge in [0.25, 0.3) is 0 Å². The highest BCUT2D eigenvalue weighted by atomic mass is 35.5. The van der Waals surface area contributed by atoms with Crippen molar-refractivity contribution >= 4 is 119 Å². The maximum absolute atomic E-state index is 13.3. The molecule has 4 saturated carbocycles. The Labute approximate surface area is 800 Å². The summed E-state index contributed by atoms with van der Waals surface area (Å²) in [6, 6.07) is 30.4. The highest BCUT2D eigenvalue weighted by molar-refractivity contribution is 7.99. The van der Waals surface area contributed by atoms with Gasteiger partial charge in [-0.3, -0.25) is 0 Å². The van der Waals surface area contributed by atoms with Crippen LogP contribution in [-0.4, -0.2) is 231 Å². The molecule has 4 aliphatic carbocycles. The van der Waals surface area contributed by atoms with Gasteiger partial charge in [0, 0.05) is 200 Å². The molecule has 0 amide bonds. The molecule has 0 spiro atoms. The molecular weight excluding hydrogens is 1780 g/mol. The standard InChI is InChI=1S/4C24H34FN5S.4ClH/c4*1-28-23(18-6-3-2-4-7-18)26-27-24(28)31-15-5-13-29-16-19-12-14-30(22(19)17-29)21-10-8-20(25)9-11-21;;;;/h4*8-11,18-19,22H,2-7,12-17H2,1H3;4*1H/t4*19-,22+;;;;/m1100..../s1. The molecule has 8 aromatic rings. The predicted octanol–water partition coefficient (Wildman–Crippen LogP) is 20.5. The van der Waals surface area contributed by atoms with E-state index in [2.05, 4.69) is 126 Å². The van der Waals surface area contributed by atoms with Crippen molar-refractivity contribution in [1.29, 1.82) is 0 Å². The average Bonchev–Trinajstić information content (AvgIpc) is 1.64. The van der Waals surface area contributed by atoms with Crippen molar-refractivity contribution in [3.8, 4) is 0 Å². The molecule has 8 aliphatic heterocycles. The van der Waals surface area contributed by atoms with Crippen LogP contribution in [0.15, 0.2) is 118 Å². The molecule has 0 N–H and O–H groups in total. The zero-order valence-electron chi connectivity index (χ0n) is 75.8. The molecule has 0 unspecified atom stereocenters. The van der Waals surface area contributed by atoms with Crippen LogP contribution in [0, 0.1) is 46.9 Å². The van der Waals surface area contributed by atoms with Crippen molar-refractivity contribution in [2.75, 3.05) is 147 Å². The number of rotatable bonds is 28. The van der Waals surface area contributed by atoms with Gasteiger partial charge in [0.15, 0.2) is 20.6 Å². The fourth-order valence-corrected chi connectivity index (χ4v) is 26.6. The first-order chi connectivity index (χ1) is 60.7. The number of halogens is 8. The van der Waals surface area contributed by atoms with Crippen molar-refractivity contribution in [3.05, 3.63) is 144 Å². The number of benzene rings is 4. The van der Waals surface area contributed by atoms with Crippen LogP contribution in [0.5, 0.6) is 0 Å². The maximum atomic E-state index is 13.3. The second-order valence-electron chi connectivity index (χ2n) is 37.9. The Morgan fingerprint density at radius 1 is 0.258 bits per heavy atom. The van der Waals surface area contributed by atoms with Crippen molar-refractivity contribution in [2.45, 2.75) is 248 Å². The molecule has 8 atom stereocenters. The summed E-state index contributed by atoms with van der Waals surface area (Å²) in [6.07, 6.45) is 35.9. The topological polar surface area (TPSA) is 149 Å². The van der Waals surface area contributed by atoms with Gasteiger partial charge in [-0.1, -0.05) is 124 Å². The summed E-state index contributed by atoms with van der Waals surface area (Å²) in [5, 5.41) is 40.3. The summed E-state index contributed by atoms with van der Waals surface area (Å²) >= 11 is 7.41. The monoisotopic (exact) mass is 1920 g/mol. The molecule has 128 heavy (non-hydrogen) atoms. The minimum absolute atomic E-state index is 0. The second-order valence-corrected chi connectivity index (χ2v) is 42.2. The number of likely N-dealkylation sites (tertiary alicyclic amines) is 4. The van der Waals surface area contributed by atoms with Gasteiger partial charge >= 0.3 is 0 Å². The fraction of sp³-hybridized carbons (Fsp3) is 0.667. The van der Waals surface area contributed by atoms with Gasteiger partial charge < -0.3 is 57.5 Å². The molecule has 12 aliphatic rings. The van der Waals surface area contributed by atoms with Crippen LogP contribution in [0.3, 0.4) is 0 Å². The van der Waals surface area contributed by atoms with E-state index in [9.17, 15) is 17.6 Å². The zero-order chi connectivity index (χ0) is 84.8. The fourth-order valence-electron chi connectivity index (χ4n) is 23.2. The molecule has 8 saturated heterocycles. The Hall–Kier alpha value is -5.24. The number of aromatic nitrogens is 12. The van der Waals surface area contributed by atoms with Gasteiger partial charge in [-0.05, 0) is 250 Å². The Balaban J connectivity index is 0.000000144. The van der Waals surface area contributed by atoms with Crippen molar-refractivity contribution in [3.63, 3.8) is 0 Å². The van der Waals surface area contributed by atoms with E-state index in [4.69, 9.17) is 0 Å². The summed E-state index contributed by atoms with van der Waals surface area (Å²) in [6.45, 7) is 18.3. The first kappa shape index (κ1) is 100. The van der Waals surface area contributed by atoms with E-state index >= 15 is 0 Å². The third-order valence-corrected chi connectivity index (χ3v) is 34.3. The molecule has 4 aromatic carbocycles. The molecule has 32 heteroatoms. The van der Waals surface area contributed by atoms with E-state index in [0.717, 1.165) is 146 Å². The summed E-state index contributed by atoms with van der Waals surface area (Å²) in [7, 11) is 8.55. The summed E-state index contributed by atoms with van der Waals surface area (Å²) < 4.78 is 62.1. The zero-order valence-corrected chi connectivity index (χ0v) is 82.4. The highest BCUT2D eigenvalue weighted by Gasteiger charge is 2.45. The lowest BCUT2D eigenvalue weighted by Crippen LogP contribution is -2.35. The second kappa shape index (κ2) is 48.8. The largest absolute Gasteiger partial charge is 0.367 e. The minimum atomic E-state index is -0.154.